The fraction of sp³-hybridized carbons (Fsp3) is 0.346. The molecule has 7 nitrogen and oxygen atoms in total. The van der Waals surface area contributed by atoms with Gasteiger partial charge in [0.2, 0.25) is 5.91 Å². The van der Waals surface area contributed by atoms with Crippen molar-refractivity contribution in [3.05, 3.63) is 71.8 Å². The van der Waals surface area contributed by atoms with Crippen molar-refractivity contribution in [1.29, 1.82) is 0 Å². The molecule has 2 aromatic rings. The molecule has 0 aliphatic heterocycles. The first-order valence-corrected chi connectivity index (χ1v) is 11.3. The predicted octanol–water partition coefficient (Wildman–Crippen LogP) is 3.70. The minimum absolute atomic E-state index is 0.0186. The molecular weight excluding hydrogens is 420 g/mol. The molecule has 0 aromatic heterocycles. The van der Waals surface area contributed by atoms with E-state index >= 15 is 0 Å². The summed E-state index contributed by atoms with van der Waals surface area (Å²) in [6, 6.07) is 16.3. The van der Waals surface area contributed by atoms with Crippen LogP contribution in [0.15, 0.2) is 60.7 Å². The number of carboxylic acid groups (broad SMARTS) is 1. The van der Waals surface area contributed by atoms with Gasteiger partial charge in [0.1, 0.15) is 6.61 Å². The molecule has 4 rings (SSSR count). The van der Waals surface area contributed by atoms with Crippen LogP contribution in [0.1, 0.15) is 36.3 Å². The standard InChI is InChI=1S/C26H28N2O5/c29-24(30)13-6-14-27-25(31)22(17-7-5-8-17)15-28-26(32)33-16-23-20-11-3-1-9-18(20)19-10-2-4-12-21(19)23/h1-4,6,9-13,17,22-23H,5,7-8,14-16H2,(H,27,31)(H,28,32)(H,29,30)/b13-6+. The molecule has 2 aliphatic carbocycles. The molecule has 1 atom stereocenters. The number of carboxylic acids is 1. The Morgan fingerprint density at radius 1 is 1.00 bits per heavy atom. The lowest BCUT2D eigenvalue weighted by Gasteiger charge is -2.32. The van der Waals surface area contributed by atoms with Crippen molar-refractivity contribution in [3.63, 3.8) is 0 Å². The van der Waals surface area contributed by atoms with Gasteiger partial charge in [0.05, 0.1) is 5.92 Å². The number of ether oxygens (including phenoxy) is 1. The van der Waals surface area contributed by atoms with E-state index in [0.29, 0.717) is 0 Å². The first kappa shape index (κ1) is 22.6. The fourth-order valence-corrected chi connectivity index (χ4v) is 4.61. The third kappa shape index (κ3) is 5.25. The van der Waals surface area contributed by atoms with Crippen LogP contribution in [0.4, 0.5) is 4.79 Å². The van der Waals surface area contributed by atoms with E-state index in [1.165, 1.54) is 17.2 Å². The molecule has 3 N–H and O–H groups in total. The Morgan fingerprint density at radius 3 is 2.21 bits per heavy atom. The van der Waals surface area contributed by atoms with Crippen LogP contribution in [-0.2, 0) is 14.3 Å². The Morgan fingerprint density at radius 2 is 1.64 bits per heavy atom. The van der Waals surface area contributed by atoms with Gasteiger partial charge in [0.15, 0.2) is 0 Å². The summed E-state index contributed by atoms with van der Waals surface area (Å²) < 4.78 is 5.57. The minimum atomic E-state index is -1.06. The number of hydrogen-bond acceptors (Lipinski definition) is 4. The SMILES string of the molecule is O=C(O)/C=C/CNC(=O)C(CNC(=O)OCC1c2ccccc2-c2ccccc21)C1CCC1. The fourth-order valence-electron chi connectivity index (χ4n) is 4.61. The Labute approximate surface area is 192 Å². The van der Waals surface area contributed by atoms with Crippen LogP contribution in [0, 0.1) is 11.8 Å². The molecule has 1 saturated carbocycles. The smallest absolute Gasteiger partial charge is 0.407 e. The third-order valence-corrected chi connectivity index (χ3v) is 6.52. The highest BCUT2D eigenvalue weighted by molar-refractivity contribution is 5.82. The van der Waals surface area contributed by atoms with Gasteiger partial charge in [0.25, 0.3) is 0 Å². The molecule has 0 heterocycles. The average molecular weight is 449 g/mol. The van der Waals surface area contributed by atoms with Crippen LogP contribution in [0.3, 0.4) is 0 Å². The van der Waals surface area contributed by atoms with Crippen molar-refractivity contribution in [2.24, 2.45) is 11.8 Å². The van der Waals surface area contributed by atoms with E-state index < -0.39 is 12.1 Å². The summed E-state index contributed by atoms with van der Waals surface area (Å²) in [6.07, 6.45) is 4.79. The van der Waals surface area contributed by atoms with Crippen molar-refractivity contribution in [2.45, 2.75) is 25.2 Å². The largest absolute Gasteiger partial charge is 0.478 e. The summed E-state index contributed by atoms with van der Waals surface area (Å²) in [6.45, 7) is 0.551. The highest BCUT2D eigenvalue weighted by Gasteiger charge is 2.33. The van der Waals surface area contributed by atoms with Gasteiger partial charge in [-0.25, -0.2) is 9.59 Å². The van der Waals surface area contributed by atoms with Crippen molar-refractivity contribution in [3.8, 4) is 11.1 Å². The first-order chi connectivity index (χ1) is 16.0. The van der Waals surface area contributed by atoms with Gasteiger partial charge in [-0.15, -0.1) is 0 Å². The summed E-state index contributed by atoms with van der Waals surface area (Å²) in [4.78, 5) is 35.6. The van der Waals surface area contributed by atoms with E-state index in [0.717, 1.165) is 36.5 Å². The number of alkyl carbamates (subject to hydrolysis) is 1. The molecule has 2 aromatic carbocycles. The highest BCUT2D eigenvalue weighted by atomic mass is 16.5. The highest BCUT2D eigenvalue weighted by Crippen LogP contribution is 2.44. The third-order valence-electron chi connectivity index (χ3n) is 6.52. The van der Waals surface area contributed by atoms with Crippen LogP contribution in [-0.4, -0.2) is 42.8 Å². The number of carbonyl (C=O) groups excluding carboxylic acids is 2. The van der Waals surface area contributed by atoms with Crippen LogP contribution < -0.4 is 10.6 Å². The lowest BCUT2D eigenvalue weighted by Crippen LogP contribution is -2.44. The van der Waals surface area contributed by atoms with Crippen LogP contribution >= 0.6 is 0 Å². The average Bonchev–Trinajstić information content (AvgIpc) is 3.10. The predicted molar refractivity (Wildman–Crippen MR) is 124 cm³/mol. The second-order valence-corrected chi connectivity index (χ2v) is 8.49. The Balaban J connectivity index is 1.32. The van der Waals surface area contributed by atoms with E-state index in [1.54, 1.807) is 0 Å². The maximum Gasteiger partial charge on any atom is 0.407 e. The molecule has 1 fully saturated rings. The van der Waals surface area contributed by atoms with Gasteiger partial charge in [-0.1, -0.05) is 61.0 Å². The van der Waals surface area contributed by atoms with E-state index in [2.05, 4.69) is 34.9 Å². The number of fused-ring (bicyclic) bond motifs is 3. The Hall–Kier alpha value is -3.61. The molecular formula is C26H28N2O5. The molecule has 0 bridgehead atoms. The summed E-state index contributed by atoms with van der Waals surface area (Å²) >= 11 is 0. The van der Waals surface area contributed by atoms with E-state index in [1.807, 2.05) is 24.3 Å². The number of rotatable bonds is 9. The van der Waals surface area contributed by atoms with E-state index in [-0.39, 0.29) is 43.4 Å². The Kier molecular flexibility index (Phi) is 7.07. The lowest BCUT2D eigenvalue weighted by atomic mass is 9.75. The zero-order valence-corrected chi connectivity index (χ0v) is 18.3. The molecule has 2 aliphatic rings. The minimum Gasteiger partial charge on any atom is -0.478 e. The van der Waals surface area contributed by atoms with Gasteiger partial charge in [-0.05, 0) is 41.0 Å². The number of nitrogens with one attached hydrogen (secondary N) is 2. The van der Waals surface area contributed by atoms with Crippen LogP contribution in [0.25, 0.3) is 11.1 Å². The van der Waals surface area contributed by atoms with Crippen LogP contribution in [0.2, 0.25) is 0 Å². The molecule has 33 heavy (non-hydrogen) atoms. The zero-order valence-electron chi connectivity index (χ0n) is 18.3. The number of aliphatic carboxylic acids is 1. The lowest BCUT2D eigenvalue weighted by molar-refractivity contribution is -0.131. The number of carbonyl (C=O) groups is 3. The Bertz CT molecular complexity index is 1010. The first-order valence-electron chi connectivity index (χ1n) is 11.3. The summed E-state index contributed by atoms with van der Waals surface area (Å²) in [5, 5.41) is 14.1. The summed E-state index contributed by atoms with van der Waals surface area (Å²) in [7, 11) is 0. The van der Waals surface area contributed by atoms with Gasteiger partial charge >= 0.3 is 12.1 Å². The second kappa shape index (κ2) is 10.3. The topological polar surface area (TPSA) is 105 Å². The van der Waals surface area contributed by atoms with Gasteiger partial charge in [0, 0.05) is 25.1 Å². The summed E-state index contributed by atoms with van der Waals surface area (Å²) in [5.41, 5.74) is 4.63. The number of benzene rings is 2. The molecule has 2 amide bonds. The second-order valence-electron chi connectivity index (χ2n) is 8.49. The van der Waals surface area contributed by atoms with Crippen molar-refractivity contribution < 1.29 is 24.2 Å². The number of hydrogen-bond donors (Lipinski definition) is 3. The van der Waals surface area contributed by atoms with Gasteiger partial charge in [-0.2, -0.15) is 0 Å². The van der Waals surface area contributed by atoms with E-state index in [4.69, 9.17) is 9.84 Å². The zero-order chi connectivity index (χ0) is 23.2. The maximum absolute atomic E-state index is 12.6. The quantitative estimate of drug-likeness (QED) is 0.508. The monoisotopic (exact) mass is 448 g/mol. The number of amides is 2. The molecule has 0 saturated heterocycles. The van der Waals surface area contributed by atoms with Crippen molar-refractivity contribution >= 4 is 18.0 Å². The molecule has 0 radical (unpaired) electrons. The van der Waals surface area contributed by atoms with E-state index in [9.17, 15) is 14.4 Å². The molecule has 7 heteroatoms. The maximum atomic E-state index is 12.6. The molecule has 172 valence electrons. The summed E-state index contributed by atoms with van der Waals surface area (Å²) in [5.74, 6) is -1.42. The van der Waals surface area contributed by atoms with Crippen molar-refractivity contribution in [1.82, 2.24) is 10.6 Å². The van der Waals surface area contributed by atoms with Gasteiger partial charge in [-0.3, -0.25) is 4.79 Å². The molecule has 0 spiro atoms. The molecule has 1 unspecified atom stereocenters. The van der Waals surface area contributed by atoms with Crippen LogP contribution in [0.5, 0.6) is 0 Å². The van der Waals surface area contributed by atoms with Crippen molar-refractivity contribution in [2.75, 3.05) is 19.7 Å². The van der Waals surface area contributed by atoms with Gasteiger partial charge < -0.3 is 20.5 Å². The normalized spacial score (nSPS) is 15.9.